The van der Waals surface area contributed by atoms with Crippen molar-refractivity contribution in [1.29, 1.82) is 0 Å². The average Bonchev–Trinajstić information content (AvgIpc) is 2.59. The van der Waals surface area contributed by atoms with E-state index in [2.05, 4.69) is 5.32 Å². The molecule has 1 atom stereocenters. The second-order valence-electron chi connectivity index (χ2n) is 5.56. The normalized spacial score (nSPS) is 11.8. The van der Waals surface area contributed by atoms with Crippen LogP contribution in [0.15, 0.2) is 48.5 Å². The summed E-state index contributed by atoms with van der Waals surface area (Å²) < 4.78 is 5.26. The zero-order valence-electron chi connectivity index (χ0n) is 13.7. The maximum atomic E-state index is 12.3. The summed E-state index contributed by atoms with van der Waals surface area (Å²) in [6.45, 7) is 0.559. The van der Waals surface area contributed by atoms with E-state index in [0.717, 1.165) is 11.1 Å². The van der Waals surface area contributed by atoms with E-state index in [1.165, 1.54) is 0 Å². The molecule has 5 heteroatoms. The molecule has 1 unspecified atom stereocenters. The van der Waals surface area contributed by atoms with Gasteiger partial charge < -0.3 is 15.2 Å². The summed E-state index contributed by atoms with van der Waals surface area (Å²) in [6, 6.07) is 15.1. The van der Waals surface area contributed by atoms with Crippen LogP contribution in [0.2, 0.25) is 5.02 Å². The SMILES string of the molecule is COc1ccc(Cl)cc1CC(=O)NCC(CCO)c1ccccc1. The summed E-state index contributed by atoms with van der Waals surface area (Å²) in [7, 11) is 1.57. The number of aliphatic hydroxyl groups is 1. The van der Waals surface area contributed by atoms with Gasteiger partial charge in [0.05, 0.1) is 13.5 Å². The van der Waals surface area contributed by atoms with Gasteiger partial charge in [-0.1, -0.05) is 41.9 Å². The van der Waals surface area contributed by atoms with Crippen LogP contribution in [-0.4, -0.2) is 31.3 Å². The fourth-order valence-electron chi connectivity index (χ4n) is 2.63. The number of nitrogens with one attached hydrogen (secondary N) is 1. The third-order valence-electron chi connectivity index (χ3n) is 3.89. The van der Waals surface area contributed by atoms with Gasteiger partial charge in [0.25, 0.3) is 0 Å². The van der Waals surface area contributed by atoms with E-state index in [4.69, 9.17) is 16.3 Å². The molecular formula is C19H22ClNO3. The molecule has 0 aromatic heterocycles. The fourth-order valence-corrected chi connectivity index (χ4v) is 2.82. The van der Waals surface area contributed by atoms with Gasteiger partial charge >= 0.3 is 0 Å². The third kappa shape index (κ3) is 5.25. The lowest BCUT2D eigenvalue weighted by Crippen LogP contribution is -2.30. The maximum Gasteiger partial charge on any atom is 0.224 e. The predicted molar refractivity (Wildman–Crippen MR) is 95.6 cm³/mol. The molecule has 2 N–H and O–H groups in total. The molecule has 4 nitrogen and oxygen atoms in total. The van der Waals surface area contributed by atoms with Crippen LogP contribution >= 0.6 is 11.6 Å². The van der Waals surface area contributed by atoms with Crippen molar-refractivity contribution in [2.75, 3.05) is 20.3 Å². The van der Waals surface area contributed by atoms with Crippen LogP contribution in [0.1, 0.15) is 23.5 Å². The van der Waals surface area contributed by atoms with E-state index in [9.17, 15) is 9.90 Å². The number of benzene rings is 2. The number of hydrogen-bond acceptors (Lipinski definition) is 3. The van der Waals surface area contributed by atoms with Crippen LogP contribution in [0.3, 0.4) is 0 Å². The summed E-state index contributed by atoms with van der Waals surface area (Å²) in [6.07, 6.45) is 0.801. The van der Waals surface area contributed by atoms with Crippen LogP contribution in [-0.2, 0) is 11.2 Å². The Labute approximate surface area is 147 Å². The quantitative estimate of drug-likeness (QED) is 0.771. The molecule has 0 bridgehead atoms. The van der Waals surface area contributed by atoms with Crippen LogP contribution in [0.5, 0.6) is 5.75 Å². The molecule has 24 heavy (non-hydrogen) atoms. The Bertz CT molecular complexity index is 661. The second kappa shape index (κ2) is 9.30. The highest BCUT2D eigenvalue weighted by atomic mass is 35.5. The van der Waals surface area contributed by atoms with Gasteiger partial charge in [-0.15, -0.1) is 0 Å². The molecule has 1 amide bonds. The lowest BCUT2D eigenvalue weighted by Gasteiger charge is -2.17. The van der Waals surface area contributed by atoms with Crippen molar-refractivity contribution in [3.63, 3.8) is 0 Å². The van der Waals surface area contributed by atoms with Gasteiger partial charge in [-0.05, 0) is 30.2 Å². The summed E-state index contributed by atoms with van der Waals surface area (Å²) in [5.41, 5.74) is 1.85. The van der Waals surface area contributed by atoms with E-state index >= 15 is 0 Å². The Balaban J connectivity index is 1.98. The van der Waals surface area contributed by atoms with E-state index in [1.54, 1.807) is 25.3 Å². The minimum absolute atomic E-state index is 0.0809. The lowest BCUT2D eigenvalue weighted by molar-refractivity contribution is -0.120. The van der Waals surface area contributed by atoms with Crippen LogP contribution in [0.4, 0.5) is 0 Å². The molecule has 0 spiro atoms. The summed E-state index contributed by atoms with van der Waals surface area (Å²) in [4.78, 5) is 12.3. The van der Waals surface area contributed by atoms with E-state index in [0.29, 0.717) is 23.7 Å². The molecule has 0 aliphatic heterocycles. The van der Waals surface area contributed by atoms with Crippen molar-refractivity contribution < 1.29 is 14.6 Å². The maximum absolute atomic E-state index is 12.3. The predicted octanol–water partition coefficient (Wildman–Crippen LogP) is 3.17. The van der Waals surface area contributed by atoms with Crippen molar-refractivity contribution in [1.82, 2.24) is 5.32 Å². The first kappa shape index (κ1) is 18.3. The molecule has 0 saturated carbocycles. The van der Waals surface area contributed by atoms with E-state index in [-0.39, 0.29) is 24.9 Å². The molecule has 0 saturated heterocycles. The smallest absolute Gasteiger partial charge is 0.224 e. The summed E-state index contributed by atoms with van der Waals surface area (Å²) in [5.74, 6) is 0.625. The van der Waals surface area contributed by atoms with Gasteiger partial charge in [0.15, 0.2) is 0 Å². The Hall–Kier alpha value is -2.04. The number of carbonyl (C=O) groups is 1. The van der Waals surface area contributed by atoms with Gasteiger partial charge in [-0.2, -0.15) is 0 Å². The van der Waals surface area contributed by atoms with Gasteiger partial charge in [0.1, 0.15) is 5.75 Å². The number of ether oxygens (including phenoxy) is 1. The molecule has 0 aliphatic rings. The standard InChI is InChI=1S/C19H22ClNO3/c1-24-18-8-7-17(20)11-16(18)12-19(23)21-13-15(9-10-22)14-5-3-2-4-6-14/h2-8,11,15,22H,9-10,12-13H2,1H3,(H,21,23). The average molecular weight is 348 g/mol. The second-order valence-corrected chi connectivity index (χ2v) is 5.99. The molecule has 0 heterocycles. The molecule has 2 rings (SSSR count). The number of amides is 1. The molecular weight excluding hydrogens is 326 g/mol. The Morgan fingerprint density at radius 3 is 2.67 bits per heavy atom. The Kier molecular flexibility index (Phi) is 7.09. The van der Waals surface area contributed by atoms with E-state index in [1.807, 2.05) is 30.3 Å². The van der Waals surface area contributed by atoms with E-state index < -0.39 is 0 Å². The highest BCUT2D eigenvalue weighted by Crippen LogP contribution is 2.23. The van der Waals surface area contributed by atoms with Gasteiger partial charge in [0.2, 0.25) is 5.91 Å². The molecule has 2 aromatic carbocycles. The number of carbonyl (C=O) groups excluding carboxylic acids is 1. The van der Waals surface area contributed by atoms with Gasteiger partial charge in [-0.3, -0.25) is 4.79 Å². The van der Waals surface area contributed by atoms with Crippen molar-refractivity contribution in [2.45, 2.75) is 18.8 Å². The van der Waals surface area contributed by atoms with Crippen molar-refractivity contribution in [3.8, 4) is 5.75 Å². The molecule has 2 aromatic rings. The number of rotatable bonds is 8. The molecule has 0 fully saturated rings. The minimum atomic E-state index is -0.102. The number of hydrogen-bond donors (Lipinski definition) is 2. The lowest BCUT2D eigenvalue weighted by atomic mass is 9.96. The summed E-state index contributed by atoms with van der Waals surface area (Å²) in [5, 5.41) is 12.8. The number of methoxy groups -OCH3 is 1. The highest BCUT2D eigenvalue weighted by Gasteiger charge is 2.14. The first-order chi connectivity index (χ1) is 11.6. The van der Waals surface area contributed by atoms with Crippen molar-refractivity contribution in [2.24, 2.45) is 0 Å². The number of halogens is 1. The Morgan fingerprint density at radius 2 is 2.00 bits per heavy atom. The first-order valence-corrected chi connectivity index (χ1v) is 8.26. The fraction of sp³-hybridized carbons (Fsp3) is 0.316. The third-order valence-corrected chi connectivity index (χ3v) is 4.12. The van der Waals surface area contributed by atoms with Crippen molar-refractivity contribution >= 4 is 17.5 Å². The monoisotopic (exact) mass is 347 g/mol. The molecule has 128 valence electrons. The van der Waals surface area contributed by atoms with Crippen LogP contribution < -0.4 is 10.1 Å². The highest BCUT2D eigenvalue weighted by molar-refractivity contribution is 6.30. The van der Waals surface area contributed by atoms with Gasteiger partial charge in [-0.25, -0.2) is 0 Å². The first-order valence-electron chi connectivity index (χ1n) is 7.89. The minimum Gasteiger partial charge on any atom is -0.496 e. The Morgan fingerprint density at radius 1 is 1.25 bits per heavy atom. The van der Waals surface area contributed by atoms with Crippen molar-refractivity contribution in [3.05, 3.63) is 64.7 Å². The van der Waals surface area contributed by atoms with Crippen LogP contribution in [0, 0.1) is 0 Å². The largest absolute Gasteiger partial charge is 0.496 e. The molecule has 0 radical (unpaired) electrons. The van der Waals surface area contributed by atoms with Gasteiger partial charge in [0, 0.05) is 29.7 Å². The number of aliphatic hydroxyl groups excluding tert-OH is 1. The van der Waals surface area contributed by atoms with Crippen LogP contribution in [0.25, 0.3) is 0 Å². The zero-order chi connectivity index (χ0) is 17.4. The zero-order valence-corrected chi connectivity index (χ0v) is 14.4. The summed E-state index contributed by atoms with van der Waals surface area (Å²) >= 11 is 5.99. The molecule has 0 aliphatic carbocycles. The topological polar surface area (TPSA) is 58.6 Å².